The summed E-state index contributed by atoms with van der Waals surface area (Å²) in [7, 11) is 2.08. The molecule has 20 heavy (non-hydrogen) atoms. The molecule has 0 spiro atoms. The molecule has 0 unspecified atom stereocenters. The normalized spacial score (nSPS) is 15.9. The zero-order valence-electron chi connectivity index (χ0n) is 11.5. The third kappa shape index (κ3) is 8.44. The van der Waals surface area contributed by atoms with E-state index in [0.717, 1.165) is 25.9 Å². The van der Waals surface area contributed by atoms with E-state index in [1.807, 2.05) is 0 Å². The number of likely N-dealkylation sites (tertiary alicyclic amines) is 1. The monoisotopic (exact) mass is 290 g/mol. The highest BCUT2D eigenvalue weighted by Crippen LogP contribution is 2.15. The molecule has 1 aliphatic heterocycles. The van der Waals surface area contributed by atoms with E-state index in [0.29, 0.717) is 13.0 Å². The smallest absolute Gasteiger partial charge is 0.414 e. The van der Waals surface area contributed by atoms with Crippen LogP contribution in [0.15, 0.2) is 0 Å². The van der Waals surface area contributed by atoms with E-state index < -0.39 is 11.9 Å². The lowest BCUT2D eigenvalue weighted by atomic mass is 9.96. The van der Waals surface area contributed by atoms with Crippen LogP contribution in [0.5, 0.6) is 0 Å². The Bertz CT molecular complexity index is 314. The van der Waals surface area contributed by atoms with Gasteiger partial charge in [0.1, 0.15) is 0 Å². The van der Waals surface area contributed by atoms with Crippen molar-refractivity contribution in [2.75, 3.05) is 33.3 Å². The summed E-state index contributed by atoms with van der Waals surface area (Å²) < 4.78 is 0. The molecule has 116 valence electrons. The molecule has 8 nitrogen and oxygen atoms in total. The Morgan fingerprint density at radius 1 is 1.15 bits per heavy atom. The third-order valence-corrected chi connectivity index (χ3v) is 2.91. The first-order valence-corrected chi connectivity index (χ1v) is 6.41. The number of carboxylic acids is 2. The highest BCUT2D eigenvalue weighted by molar-refractivity contribution is 6.27. The summed E-state index contributed by atoms with van der Waals surface area (Å²) in [5, 5.41) is 26.2. The van der Waals surface area contributed by atoms with E-state index in [4.69, 9.17) is 24.9 Å². The van der Waals surface area contributed by atoms with Gasteiger partial charge in [-0.2, -0.15) is 0 Å². The number of carbonyl (C=O) groups excluding carboxylic acids is 1. The average molecular weight is 290 g/mol. The maximum atomic E-state index is 11.6. The molecule has 0 aromatic rings. The van der Waals surface area contributed by atoms with Gasteiger partial charge in [-0.25, -0.2) is 9.59 Å². The number of rotatable bonds is 4. The Labute approximate surface area is 117 Å². The minimum absolute atomic E-state index is 0.147. The van der Waals surface area contributed by atoms with Crippen LogP contribution >= 0.6 is 0 Å². The van der Waals surface area contributed by atoms with Crippen molar-refractivity contribution in [3.63, 3.8) is 0 Å². The summed E-state index contributed by atoms with van der Waals surface area (Å²) in [6, 6.07) is 0. The lowest BCUT2D eigenvalue weighted by Crippen LogP contribution is -2.39. The van der Waals surface area contributed by atoms with Crippen LogP contribution in [0.4, 0.5) is 0 Å². The summed E-state index contributed by atoms with van der Waals surface area (Å²) in [6.07, 6.45) is 2.57. The largest absolute Gasteiger partial charge is 0.473 e. The predicted molar refractivity (Wildman–Crippen MR) is 70.2 cm³/mol. The average Bonchev–Trinajstić information content (AvgIpc) is 2.40. The molecular weight excluding hydrogens is 268 g/mol. The highest BCUT2D eigenvalue weighted by Gasteiger charge is 2.22. The Balaban J connectivity index is 0.000000511. The molecule has 0 aromatic heterocycles. The second-order valence-electron chi connectivity index (χ2n) is 4.56. The number of aliphatic hydroxyl groups excluding tert-OH is 1. The molecule has 0 radical (unpaired) electrons. The molecule has 1 saturated heterocycles. The molecule has 0 aliphatic carbocycles. The SMILES string of the molecule is CN1CCC(C(=O)NCCCO)CC1.O=C(O)C(=O)O. The fraction of sp³-hybridized carbons (Fsp3) is 0.750. The number of nitrogens with zero attached hydrogens (tertiary/aromatic N) is 1. The van der Waals surface area contributed by atoms with E-state index in [2.05, 4.69) is 17.3 Å². The van der Waals surface area contributed by atoms with Crippen LogP contribution in [0.2, 0.25) is 0 Å². The minimum atomic E-state index is -1.82. The van der Waals surface area contributed by atoms with Crippen LogP contribution < -0.4 is 5.32 Å². The van der Waals surface area contributed by atoms with Gasteiger partial charge in [-0.15, -0.1) is 0 Å². The number of amides is 1. The molecule has 8 heteroatoms. The number of nitrogens with one attached hydrogen (secondary N) is 1. The van der Waals surface area contributed by atoms with Gasteiger partial charge in [0, 0.05) is 19.1 Å². The van der Waals surface area contributed by atoms with E-state index in [1.54, 1.807) is 0 Å². The van der Waals surface area contributed by atoms with E-state index in [9.17, 15) is 4.79 Å². The molecule has 0 aromatic carbocycles. The first-order valence-electron chi connectivity index (χ1n) is 6.41. The van der Waals surface area contributed by atoms with Crippen molar-refractivity contribution in [1.29, 1.82) is 0 Å². The van der Waals surface area contributed by atoms with Crippen LogP contribution in [-0.4, -0.2) is 71.4 Å². The van der Waals surface area contributed by atoms with Gasteiger partial charge in [0.25, 0.3) is 0 Å². The number of hydrogen-bond donors (Lipinski definition) is 4. The topological polar surface area (TPSA) is 127 Å². The molecule has 0 atom stereocenters. The van der Waals surface area contributed by atoms with Crippen LogP contribution in [0, 0.1) is 5.92 Å². The van der Waals surface area contributed by atoms with Crippen molar-refractivity contribution in [3.8, 4) is 0 Å². The Morgan fingerprint density at radius 3 is 2.05 bits per heavy atom. The maximum Gasteiger partial charge on any atom is 0.414 e. The second-order valence-corrected chi connectivity index (χ2v) is 4.56. The van der Waals surface area contributed by atoms with E-state index in [-0.39, 0.29) is 18.4 Å². The van der Waals surface area contributed by atoms with Gasteiger partial charge in [-0.05, 0) is 39.4 Å². The van der Waals surface area contributed by atoms with E-state index in [1.165, 1.54) is 0 Å². The summed E-state index contributed by atoms with van der Waals surface area (Å²) in [4.78, 5) is 32.0. The molecule has 1 amide bonds. The maximum absolute atomic E-state index is 11.6. The molecule has 1 heterocycles. The third-order valence-electron chi connectivity index (χ3n) is 2.91. The minimum Gasteiger partial charge on any atom is -0.473 e. The van der Waals surface area contributed by atoms with Gasteiger partial charge in [0.15, 0.2) is 0 Å². The zero-order valence-corrected chi connectivity index (χ0v) is 11.5. The fourth-order valence-electron chi connectivity index (χ4n) is 1.71. The molecule has 4 N–H and O–H groups in total. The lowest BCUT2D eigenvalue weighted by molar-refractivity contribution is -0.159. The van der Waals surface area contributed by atoms with Gasteiger partial charge < -0.3 is 25.5 Å². The quantitative estimate of drug-likeness (QED) is 0.385. The second kappa shape index (κ2) is 10.2. The number of piperidine rings is 1. The van der Waals surface area contributed by atoms with Gasteiger partial charge in [0.2, 0.25) is 5.91 Å². The van der Waals surface area contributed by atoms with E-state index >= 15 is 0 Å². The van der Waals surface area contributed by atoms with Crippen LogP contribution in [0.25, 0.3) is 0 Å². The van der Waals surface area contributed by atoms with Gasteiger partial charge in [0.05, 0.1) is 0 Å². The van der Waals surface area contributed by atoms with Crippen LogP contribution in [0.1, 0.15) is 19.3 Å². The summed E-state index contributed by atoms with van der Waals surface area (Å²) in [5.41, 5.74) is 0. The van der Waals surface area contributed by atoms with Crippen LogP contribution in [0.3, 0.4) is 0 Å². The first-order chi connectivity index (χ1) is 9.38. The van der Waals surface area contributed by atoms with Crippen molar-refractivity contribution in [3.05, 3.63) is 0 Å². The van der Waals surface area contributed by atoms with Crippen molar-refractivity contribution < 1.29 is 29.7 Å². The molecule has 0 saturated carbocycles. The first kappa shape index (κ1) is 18.3. The Hall–Kier alpha value is -1.67. The number of aliphatic carboxylic acids is 2. The molecule has 1 fully saturated rings. The van der Waals surface area contributed by atoms with Gasteiger partial charge >= 0.3 is 11.9 Å². The summed E-state index contributed by atoms with van der Waals surface area (Å²) >= 11 is 0. The number of hydrogen-bond acceptors (Lipinski definition) is 5. The number of carbonyl (C=O) groups is 3. The fourth-order valence-corrected chi connectivity index (χ4v) is 1.71. The van der Waals surface area contributed by atoms with Crippen LogP contribution in [-0.2, 0) is 14.4 Å². The van der Waals surface area contributed by atoms with Gasteiger partial charge in [-0.1, -0.05) is 0 Å². The van der Waals surface area contributed by atoms with Crippen molar-refractivity contribution in [1.82, 2.24) is 10.2 Å². The van der Waals surface area contributed by atoms with Crippen molar-refractivity contribution >= 4 is 17.8 Å². The van der Waals surface area contributed by atoms with Gasteiger partial charge in [-0.3, -0.25) is 4.79 Å². The Morgan fingerprint density at radius 2 is 1.65 bits per heavy atom. The number of aliphatic hydroxyl groups is 1. The molecule has 1 rings (SSSR count). The highest BCUT2D eigenvalue weighted by atomic mass is 16.4. The Kier molecular flexibility index (Phi) is 9.31. The molecular formula is C12H22N2O6. The molecule has 1 aliphatic rings. The predicted octanol–water partition coefficient (Wildman–Crippen LogP) is -1.02. The van der Waals surface area contributed by atoms with Crippen molar-refractivity contribution in [2.45, 2.75) is 19.3 Å². The standard InChI is InChI=1S/C10H20N2O2.C2H2O4/c1-12-6-3-9(4-7-12)10(14)11-5-2-8-13;3-1(4)2(5)6/h9,13H,2-8H2,1H3,(H,11,14);(H,3,4)(H,5,6). The van der Waals surface area contributed by atoms with Crippen molar-refractivity contribution in [2.24, 2.45) is 5.92 Å². The zero-order chi connectivity index (χ0) is 15.5. The summed E-state index contributed by atoms with van der Waals surface area (Å²) in [6.45, 7) is 2.77. The summed E-state index contributed by atoms with van der Waals surface area (Å²) in [5.74, 6) is -3.30. The lowest BCUT2D eigenvalue weighted by Gasteiger charge is -2.27. The number of carboxylic acid groups (broad SMARTS) is 2. The molecule has 0 bridgehead atoms.